The van der Waals surface area contributed by atoms with Crippen LogP contribution in [0.15, 0.2) is 41.4 Å². The first-order valence-corrected chi connectivity index (χ1v) is 10.5. The number of amides is 1. The zero-order valence-electron chi connectivity index (χ0n) is 17.9. The predicted molar refractivity (Wildman–Crippen MR) is 117 cm³/mol. The number of guanidine groups is 1. The summed E-state index contributed by atoms with van der Waals surface area (Å²) in [7, 11) is 0. The number of piperazine rings is 1. The van der Waals surface area contributed by atoms with Gasteiger partial charge in [-0.2, -0.15) is 0 Å². The molecule has 6 nitrogen and oxygen atoms in total. The molecule has 154 valence electrons. The zero-order valence-corrected chi connectivity index (χ0v) is 17.9. The van der Waals surface area contributed by atoms with E-state index in [0.717, 1.165) is 50.9 Å². The van der Waals surface area contributed by atoms with Crippen molar-refractivity contribution < 1.29 is 4.79 Å². The predicted octanol–water partition coefficient (Wildman–Crippen LogP) is 2.82. The molecule has 1 amide bonds. The molecule has 0 aliphatic carbocycles. The first-order chi connectivity index (χ1) is 13.9. The van der Waals surface area contributed by atoms with Crippen molar-refractivity contribution in [1.29, 1.82) is 0 Å². The first kappa shape index (κ1) is 19.7. The van der Waals surface area contributed by atoms with E-state index < -0.39 is 0 Å². The fourth-order valence-corrected chi connectivity index (χ4v) is 4.20. The molecule has 6 heteroatoms. The molecular formula is C23H31N5O. The maximum Gasteiger partial charge on any atom is 0.258 e. The van der Waals surface area contributed by atoms with Crippen LogP contribution in [0.25, 0.3) is 0 Å². The van der Waals surface area contributed by atoms with Crippen molar-refractivity contribution in [3.63, 3.8) is 0 Å². The molecule has 0 saturated carbocycles. The molecule has 3 heterocycles. The Labute approximate surface area is 173 Å². The summed E-state index contributed by atoms with van der Waals surface area (Å²) in [5.41, 5.74) is 4.74. The molecule has 1 saturated heterocycles. The van der Waals surface area contributed by atoms with Crippen LogP contribution in [0.2, 0.25) is 0 Å². The van der Waals surface area contributed by atoms with Crippen LogP contribution in [-0.2, 0) is 11.3 Å². The van der Waals surface area contributed by atoms with Gasteiger partial charge in [0.05, 0.1) is 5.69 Å². The van der Waals surface area contributed by atoms with Crippen LogP contribution in [0.5, 0.6) is 0 Å². The van der Waals surface area contributed by atoms with E-state index in [0.29, 0.717) is 0 Å². The number of aliphatic imine (C=N–C) groups is 1. The van der Waals surface area contributed by atoms with E-state index in [4.69, 9.17) is 4.99 Å². The van der Waals surface area contributed by atoms with Crippen LogP contribution in [-0.4, -0.2) is 65.0 Å². The summed E-state index contributed by atoms with van der Waals surface area (Å²) in [6.45, 7) is 14.1. The minimum Gasteiger partial charge on any atom is -0.348 e. The third kappa shape index (κ3) is 3.94. The lowest BCUT2D eigenvalue weighted by atomic mass is 10.2. The number of aryl methyl sites for hydroxylation is 3. The summed E-state index contributed by atoms with van der Waals surface area (Å²) in [5.74, 6) is 0.868. The van der Waals surface area contributed by atoms with E-state index in [1.807, 2.05) is 31.2 Å². The van der Waals surface area contributed by atoms with E-state index in [2.05, 4.69) is 47.3 Å². The molecule has 0 spiro atoms. The Bertz CT molecular complexity index is 886. The van der Waals surface area contributed by atoms with E-state index in [1.54, 1.807) is 4.90 Å². The number of rotatable bonds is 4. The van der Waals surface area contributed by atoms with Crippen LogP contribution >= 0.6 is 0 Å². The van der Waals surface area contributed by atoms with Gasteiger partial charge in [0.15, 0.2) is 0 Å². The molecule has 1 aromatic heterocycles. The largest absolute Gasteiger partial charge is 0.348 e. The Balaban J connectivity index is 1.40. The molecule has 1 unspecified atom stereocenters. The third-order valence-electron chi connectivity index (χ3n) is 6.09. The van der Waals surface area contributed by atoms with Crippen molar-refractivity contribution in [3.05, 3.63) is 53.3 Å². The van der Waals surface area contributed by atoms with Crippen LogP contribution in [0.1, 0.15) is 23.9 Å². The van der Waals surface area contributed by atoms with E-state index >= 15 is 0 Å². The molecule has 0 bridgehead atoms. The van der Waals surface area contributed by atoms with Gasteiger partial charge in [0, 0.05) is 50.7 Å². The topological polar surface area (TPSA) is 44.1 Å². The van der Waals surface area contributed by atoms with Crippen molar-refractivity contribution >= 4 is 17.6 Å². The Morgan fingerprint density at radius 2 is 1.52 bits per heavy atom. The summed E-state index contributed by atoms with van der Waals surface area (Å²) in [5, 5.41) is 0. The monoisotopic (exact) mass is 393 g/mol. The molecule has 1 atom stereocenters. The number of benzene rings is 1. The highest BCUT2D eigenvalue weighted by Crippen LogP contribution is 2.24. The standard InChI is InChI=1S/C23H31N5O/c1-17-5-9-21(10-6-17)28-22(29)20(4)24-23(28)26-14-11-25(12-15-26)13-16-27-18(2)7-8-19(27)3/h5-10,20H,11-16H2,1-4H3. The molecule has 0 radical (unpaired) electrons. The molecule has 4 rings (SSSR count). The maximum absolute atomic E-state index is 12.8. The van der Waals surface area contributed by atoms with Gasteiger partial charge in [-0.25, -0.2) is 9.89 Å². The highest BCUT2D eigenvalue weighted by atomic mass is 16.2. The molecule has 0 N–H and O–H groups in total. The second kappa shape index (κ2) is 8.03. The molecule has 1 fully saturated rings. The van der Waals surface area contributed by atoms with Gasteiger partial charge in [-0.15, -0.1) is 0 Å². The van der Waals surface area contributed by atoms with Crippen LogP contribution in [0.4, 0.5) is 5.69 Å². The average Bonchev–Trinajstić information content (AvgIpc) is 3.20. The SMILES string of the molecule is Cc1ccc(N2C(=O)C(C)N=C2N2CCN(CCn3c(C)ccc3C)CC2)cc1. The smallest absolute Gasteiger partial charge is 0.258 e. The number of hydrogen-bond acceptors (Lipinski definition) is 4. The van der Waals surface area contributed by atoms with Gasteiger partial charge in [0.25, 0.3) is 5.91 Å². The lowest BCUT2D eigenvalue weighted by Crippen LogP contribution is -2.53. The number of aromatic nitrogens is 1. The second-order valence-electron chi connectivity index (χ2n) is 8.21. The number of hydrogen-bond donors (Lipinski definition) is 0. The van der Waals surface area contributed by atoms with E-state index in [9.17, 15) is 4.79 Å². The van der Waals surface area contributed by atoms with Crippen molar-refractivity contribution in [1.82, 2.24) is 14.4 Å². The zero-order chi connectivity index (χ0) is 20.5. The Morgan fingerprint density at radius 3 is 2.14 bits per heavy atom. The summed E-state index contributed by atoms with van der Waals surface area (Å²) in [6.07, 6.45) is 0. The van der Waals surface area contributed by atoms with Gasteiger partial charge in [-0.1, -0.05) is 17.7 Å². The summed E-state index contributed by atoms with van der Waals surface area (Å²) < 4.78 is 2.38. The van der Waals surface area contributed by atoms with Gasteiger partial charge in [-0.3, -0.25) is 9.69 Å². The van der Waals surface area contributed by atoms with Crippen molar-refractivity contribution in [2.75, 3.05) is 37.6 Å². The van der Waals surface area contributed by atoms with Gasteiger partial charge in [0.1, 0.15) is 6.04 Å². The van der Waals surface area contributed by atoms with Gasteiger partial charge in [-0.05, 0) is 52.0 Å². The van der Waals surface area contributed by atoms with Gasteiger partial charge in [0.2, 0.25) is 5.96 Å². The minimum atomic E-state index is -0.316. The molecule has 2 aliphatic heterocycles. The number of nitrogens with zero attached hydrogens (tertiary/aromatic N) is 5. The first-order valence-electron chi connectivity index (χ1n) is 10.5. The molecule has 2 aromatic rings. The molecule has 2 aliphatic rings. The Kier molecular flexibility index (Phi) is 5.46. The number of anilines is 1. The molecule has 1 aromatic carbocycles. The molecule has 29 heavy (non-hydrogen) atoms. The summed E-state index contributed by atoms with van der Waals surface area (Å²) >= 11 is 0. The summed E-state index contributed by atoms with van der Waals surface area (Å²) in [6, 6.07) is 12.2. The van der Waals surface area contributed by atoms with Crippen LogP contribution in [0.3, 0.4) is 0 Å². The normalized spacial score (nSPS) is 20.5. The van der Waals surface area contributed by atoms with Gasteiger partial charge >= 0.3 is 0 Å². The second-order valence-corrected chi connectivity index (χ2v) is 8.21. The fourth-order valence-electron chi connectivity index (χ4n) is 4.20. The van der Waals surface area contributed by atoms with Crippen LogP contribution < -0.4 is 4.90 Å². The van der Waals surface area contributed by atoms with E-state index in [1.165, 1.54) is 17.0 Å². The quantitative estimate of drug-likeness (QED) is 0.802. The molecular weight excluding hydrogens is 362 g/mol. The maximum atomic E-state index is 12.8. The van der Waals surface area contributed by atoms with Crippen LogP contribution in [0, 0.1) is 20.8 Å². The highest BCUT2D eigenvalue weighted by Gasteiger charge is 2.36. The fraction of sp³-hybridized carbons (Fsp3) is 0.478. The number of carbonyl (C=O) groups excluding carboxylic acids is 1. The average molecular weight is 394 g/mol. The van der Waals surface area contributed by atoms with Crippen molar-refractivity contribution in [2.24, 2.45) is 4.99 Å². The summed E-state index contributed by atoms with van der Waals surface area (Å²) in [4.78, 5) is 24.1. The Hall–Kier alpha value is -2.60. The minimum absolute atomic E-state index is 0.0600. The van der Waals surface area contributed by atoms with Crippen molar-refractivity contribution in [2.45, 2.75) is 40.3 Å². The highest BCUT2D eigenvalue weighted by molar-refractivity contribution is 6.21. The van der Waals surface area contributed by atoms with E-state index in [-0.39, 0.29) is 11.9 Å². The van der Waals surface area contributed by atoms with Gasteiger partial charge < -0.3 is 9.47 Å². The Morgan fingerprint density at radius 1 is 0.897 bits per heavy atom. The van der Waals surface area contributed by atoms with Crippen molar-refractivity contribution in [3.8, 4) is 0 Å². The number of carbonyl (C=O) groups is 1. The lowest BCUT2D eigenvalue weighted by molar-refractivity contribution is -0.117. The lowest BCUT2D eigenvalue weighted by Gasteiger charge is -2.37. The third-order valence-corrected chi connectivity index (χ3v) is 6.09.